The molecule has 1 aliphatic heterocycles. The Bertz CT molecular complexity index is 841. The van der Waals surface area contributed by atoms with Gasteiger partial charge in [-0.15, -0.1) is 0 Å². The number of hydrogen-bond acceptors (Lipinski definition) is 5. The molecule has 1 atom stereocenters. The molecule has 10 heteroatoms. The van der Waals surface area contributed by atoms with Gasteiger partial charge in [-0.25, -0.2) is 9.78 Å². The van der Waals surface area contributed by atoms with Crippen LogP contribution in [-0.4, -0.2) is 67.5 Å². The summed E-state index contributed by atoms with van der Waals surface area (Å²) in [6, 6.07) is 13.1. The maximum Gasteiger partial charge on any atom is 0.422 e. The first kappa shape index (κ1) is 23.6. The average molecular weight is 451 g/mol. The summed E-state index contributed by atoms with van der Waals surface area (Å²) >= 11 is 0. The molecular weight excluding hydrogens is 423 g/mol. The number of halogens is 3. The van der Waals surface area contributed by atoms with Gasteiger partial charge in [0.05, 0.1) is 0 Å². The number of aromatic nitrogens is 1. The maximum absolute atomic E-state index is 12.2. The summed E-state index contributed by atoms with van der Waals surface area (Å²) in [6.07, 6.45) is -3.03. The van der Waals surface area contributed by atoms with Crippen LogP contribution in [0.4, 0.5) is 23.7 Å². The number of urea groups is 1. The normalized spacial score (nSPS) is 15.8. The van der Waals surface area contributed by atoms with Crippen LogP contribution >= 0.6 is 0 Å². The van der Waals surface area contributed by atoms with Crippen molar-refractivity contribution in [3.8, 4) is 5.88 Å². The van der Waals surface area contributed by atoms with Crippen molar-refractivity contribution in [1.82, 2.24) is 20.5 Å². The maximum atomic E-state index is 12.2. The van der Waals surface area contributed by atoms with Crippen molar-refractivity contribution < 1.29 is 22.7 Å². The number of benzene rings is 1. The number of ether oxygens (including phenoxy) is 1. The van der Waals surface area contributed by atoms with Gasteiger partial charge in [-0.3, -0.25) is 4.90 Å². The SMILES string of the molecule is CC(CNC(=O)NCc1ccc(OCC(F)(F)F)nc1)N1CCN(c2ccccc2)CC1. The van der Waals surface area contributed by atoms with Crippen molar-refractivity contribution in [3.05, 3.63) is 54.2 Å². The van der Waals surface area contributed by atoms with E-state index in [0.717, 1.165) is 26.2 Å². The van der Waals surface area contributed by atoms with Gasteiger partial charge in [-0.1, -0.05) is 24.3 Å². The van der Waals surface area contributed by atoms with E-state index in [9.17, 15) is 18.0 Å². The van der Waals surface area contributed by atoms with Crippen molar-refractivity contribution in [1.29, 1.82) is 0 Å². The minimum atomic E-state index is -4.41. The first-order chi connectivity index (χ1) is 15.3. The third-order valence-electron chi connectivity index (χ3n) is 5.25. The Kier molecular flexibility index (Phi) is 8.15. The first-order valence-corrected chi connectivity index (χ1v) is 10.5. The van der Waals surface area contributed by atoms with Crippen LogP contribution in [-0.2, 0) is 6.54 Å². The van der Waals surface area contributed by atoms with Crippen LogP contribution in [0, 0.1) is 0 Å². The lowest BCUT2D eigenvalue weighted by atomic mass is 10.2. The predicted molar refractivity (Wildman–Crippen MR) is 116 cm³/mol. The minimum Gasteiger partial charge on any atom is -0.468 e. The summed E-state index contributed by atoms with van der Waals surface area (Å²) in [5.41, 5.74) is 1.89. The predicted octanol–water partition coefficient (Wildman–Crippen LogP) is 3.03. The van der Waals surface area contributed by atoms with Gasteiger partial charge in [-0.2, -0.15) is 13.2 Å². The number of hydrogen-bond donors (Lipinski definition) is 2. The van der Waals surface area contributed by atoms with Crippen LogP contribution in [0.25, 0.3) is 0 Å². The summed E-state index contributed by atoms with van der Waals surface area (Å²) in [5.74, 6) is -0.114. The van der Waals surface area contributed by atoms with E-state index in [4.69, 9.17) is 0 Å². The van der Waals surface area contributed by atoms with Gasteiger partial charge < -0.3 is 20.3 Å². The van der Waals surface area contributed by atoms with Crippen molar-refractivity contribution in [2.45, 2.75) is 25.7 Å². The fourth-order valence-corrected chi connectivity index (χ4v) is 3.43. The quantitative estimate of drug-likeness (QED) is 0.646. The van der Waals surface area contributed by atoms with Crippen molar-refractivity contribution in [2.24, 2.45) is 0 Å². The second-order valence-corrected chi connectivity index (χ2v) is 7.68. The third kappa shape index (κ3) is 7.60. The Hall–Kier alpha value is -3.01. The van der Waals surface area contributed by atoms with Crippen LogP contribution in [0.5, 0.6) is 5.88 Å². The van der Waals surface area contributed by atoms with E-state index >= 15 is 0 Å². The van der Waals surface area contributed by atoms with Gasteiger partial charge in [0.15, 0.2) is 6.61 Å². The number of rotatable bonds is 8. The zero-order valence-electron chi connectivity index (χ0n) is 17.9. The van der Waals surface area contributed by atoms with Gasteiger partial charge in [0.25, 0.3) is 0 Å². The molecule has 3 rings (SSSR count). The number of anilines is 1. The number of para-hydroxylation sites is 1. The van der Waals surface area contributed by atoms with Crippen molar-refractivity contribution in [3.63, 3.8) is 0 Å². The van der Waals surface area contributed by atoms with Gasteiger partial charge >= 0.3 is 12.2 Å². The molecule has 1 fully saturated rings. The van der Waals surface area contributed by atoms with E-state index in [1.807, 2.05) is 18.2 Å². The summed E-state index contributed by atoms with van der Waals surface area (Å²) in [4.78, 5) is 20.6. The second kappa shape index (κ2) is 11.0. The lowest BCUT2D eigenvalue weighted by Crippen LogP contribution is -2.53. The highest BCUT2D eigenvalue weighted by atomic mass is 19.4. The van der Waals surface area contributed by atoms with Crippen LogP contribution in [0.15, 0.2) is 48.7 Å². The number of carbonyl (C=O) groups excluding carboxylic acids is 1. The van der Waals surface area contributed by atoms with Crippen LogP contribution in [0.2, 0.25) is 0 Å². The Morgan fingerprint density at radius 1 is 1.09 bits per heavy atom. The standard InChI is InChI=1S/C22H28F3N5O2/c1-17(29-9-11-30(12-10-29)19-5-3-2-4-6-19)13-27-21(31)28-15-18-7-8-20(26-14-18)32-16-22(23,24)25/h2-8,14,17H,9-13,15-16H2,1H3,(H2,27,28,31). The van der Waals surface area contributed by atoms with Crippen molar-refractivity contribution >= 4 is 11.7 Å². The zero-order chi connectivity index (χ0) is 23.0. The average Bonchev–Trinajstić information content (AvgIpc) is 2.80. The van der Waals surface area contributed by atoms with Gasteiger partial charge in [0.1, 0.15) is 0 Å². The fourth-order valence-electron chi connectivity index (χ4n) is 3.43. The number of amides is 2. The van der Waals surface area contributed by atoms with Gasteiger partial charge in [0.2, 0.25) is 5.88 Å². The minimum absolute atomic E-state index is 0.114. The molecule has 2 amide bonds. The third-order valence-corrected chi connectivity index (χ3v) is 5.25. The Morgan fingerprint density at radius 2 is 1.81 bits per heavy atom. The fraction of sp³-hybridized carbons (Fsp3) is 0.455. The molecule has 1 aromatic carbocycles. The van der Waals surface area contributed by atoms with Gasteiger partial charge in [-0.05, 0) is 24.6 Å². The molecule has 1 aromatic heterocycles. The molecule has 1 unspecified atom stereocenters. The second-order valence-electron chi connectivity index (χ2n) is 7.68. The summed E-state index contributed by atoms with van der Waals surface area (Å²) < 4.78 is 41.0. The molecule has 2 aromatic rings. The molecular formula is C22H28F3N5O2. The summed E-state index contributed by atoms with van der Waals surface area (Å²) in [7, 11) is 0. The lowest BCUT2D eigenvalue weighted by molar-refractivity contribution is -0.154. The van der Waals surface area contributed by atoms with Crippen LogP contribution < -0.4 is 20.3 Å². The number of piperazine rings is 1. The topological polar surface area (TPSA) is 69.7 Å². The highest BCUT2D eigenvalue weighted by Crippen LogP contribution is 2.17. The monoisotopic (exact) mass is 451 g/mol. The van der Waals surface area contributed by atoms with E-state index in [0.29, 0.717) is 12.1 Å². The number of alkyl halides is 3. The smallest absolute Gasteiger partial charge is 0.422 e. The molecule has 0 spiro atoms. The number of carbonyl (C=O) groups is 1. The molecule has 7 nitrogen and oxygen atoms in total. The van der Waals surface area contributed by atoms with Crippen LogP contribution in [0.3, 0.4) is 0 Å². The van der Waals surface area contributed by atoms with E-state index < -0.39 is 12.8 Å². The van der Waals surface area contributed by atoms with E-state index in [2.05, 4.69) is 49.2 Å². The van der Waals surface area contributed by atoms with E-state index in [1.54, 1.807) is 6.07 Å². The summed E-state index contributed by atoms with van der Waals surface area (Å²) in [6.45, 7) is 5.15. The summed E-state index contributed by atoms with van der Waals surface area (Å²) in [5, 5.41) is 5.59. The Balaban J connectivity index is 1.33. The molecule has 32 heavy (non-hydrogen) atoms. The highest BCUT2D eigenvalue weighted by molar-refractivity contribution is 5.73. The molecule has 0 saturated carbocycles. The molecule has 1 aliphatic rings. The lowest BCUT2D eigenvalue weighted by Gasteiger charge is -2.39. The highest BCUT2D eigenvalue weighted by Gasteiger charge is 2.28. The molecule has 1 saturated heterocycles. The number of pyridine rings is 1. The molecule has 0 radical (unpaired) electrons. The van der Waals surface area contributed by atoms with Crippen LogP contribution in [0.1, 0.15) is 12.5 Å². The number of nitrogens with zero attached hydrogens (tertiary/aromatic N) is 3. The number of nitrogens with one attached hydrogen (secondary N) is 2. The Labute approximate surface area is 185 Å². The molecule has 0 bridgehead atoms. The zero-order valence-corrected chi connectivity index (χ0v) is 17.9. The van der Waals surface area contributed by atoms with Gasteiger partial charge in [0, 0.05) is 63.3 Å². The largest absolute Gasteiger partial charge is 0.468 e. The molecule has 2 N–H and O–H groups in total. The van der Waals surface area contributed by atoms with Crippen molar-refractivity contribution in [2.75, 3.05) is 44.2 Å². The first-order valence-electron chi connectivity index (χ1n) is 10.5. The molecule has 0 aliphatic carbocycles. The van der Waals surface area contributed by atoms with E-state index in [1.165, 1.54) is 18.0 Å². The van der Waals surface area contributed by atoms with E-state index in [-0.39, 0.29) is 24.5 Å². The molecule has 2 heterocycles. The Morgan fingerprint density at radius 3 is 2.44 bits per heavy atom. The molecule has 174 valence electrons.